The summed E-state index contributed by atoms with van der Waals surface area (Å²) in [4.78, 5) is 0. The van der Waals surface area contributed by atoms with Gasteiger partial charge in [0.15, 0.2) is 0 Å². The van der Waals surface area contributed by atoms with Crippen molar-refractivity contribution in [1.82, 2.24) is 0 Å². The van der Waals surface area contributed by atoms with Gasteiger partial charge in [-0.25, -0.2) is 0 Å². The molecule has 1 N–H and O–H groups in total. The predicted octanol–water partition coefficient (Wildman–Crippen LogP) is 4.29. The Bertz CT molecular complexity index is 347. The van der Waals surface area contributed by atoms with Gasteiger partial charge < -0.3 is 5.32 Å². The number of rotatable bonds is 2. The van der Waals surface area contributed by atoms with E-state index in [1.54, 1.807) is 19.9 Å². The van der Waals surface area contributed by atoms with E-state index in [-0.39, 0.29) is 11.7 Å². The number of benzene rings is 1. The molecule has 0 spiro atoms. The summed E-state index contributed by atoms with van der Waals surface area (Å²) in [6.07, 6.45) is -4.33. The molecule has 1 rings (SSSR count). The molecule has 1 nitrogen and oxygen atoms in total. The molecule has 84 valence electrons. The van der Waals surface area contributed by atoms with Crippen LogP contribution in [0, 0.1) is 0 Å². The molecule has 1 aromatic carbocycles. The van der Waals surface area contributed by atoms with Crippen LogP contribution in [0.1, 0.15) is 19.4 Å². The average Bonchev–Trinajstić information content (AvgIpc) is 2.05. The molecule has 0 fully saturated rings. The Morgan fingerprint density at radius 1 is 1.27 bits per heavy atom. The maximum absolute atomic E-state index is 12.6. The van der Waals surface area contributed by atoms with Crippen molar-refractivity contribution < 1.29 is 13.2 Å². The van der Waals surface area contributed by atoms with E-state index in [0.29, 0.717) is 4.47 Å². The van der Waals surface area contributed by atoms with Crippen molar-refractivity contribution in [2.24, 2.45) is 0 Å². The van der Waals surface area contributed by atoms with Crippen LogP contribution in [-0.4, -0.2) is 6.04 Å². The molecule has 0 unspecified atom stereocenters. The molecular weight excluding hydrogens is 271 g/mol. The molecule has 0 saturated carbocycles. The topological polar surface area (TPSA) is 12.0 Å². The number of halogens is 4. The van der Waals surface area contributed by atoms with E-state index in [9.17, 15) is 13.2 Å². The maximum atomic E-state index is 12.6. The van der Waals surface area contributed by atoms with Crippen LogP contribution in [0.5, 0.6) is 0 Å². The van der Waals surface area contributed by atoms with E-state index in [4.69, 9.17) is 0 Å². The minimum absolute atomic E-state index is 0.0349. The summed E-state index contributed by atoms with van der Waals surface area (Å²) in [6.45, 7) is 3.59. The highest BCUT2D eigenvalue weighted by molar-refractivity contribution is 9.10. The third kappa shape index (κ3) is 3.41. The van der Waals surface area contributed by atoms with Crippen molar-refractivity contribution in [3.63, 3.8) is 0 Å². The van der Waals surface area contributed by atoms with Crippen LogP contribution in [0.3, 0.4) is 0 Å². The fraction of sp³-hybridized carbons (Fsp3) is 0.400. The highest BCUT2D eigenvalue weighted by atomic mass is 79.9. The first-order valence-corrected chi connectivity index (χ1v) is 5.23. The molecule has 0 aliphatic carbocycles. The lowest BCUT2D eigenvalue weighted by molar-refractivity contribution is -0.137. The SMILES string of the molecule is CC(C)Nc1ccc(Br)cc1C(F)(F)F. The highest BCUT2D eigenvalue weighted by Crippen LogP contribution is 2.36. The minimum atomic E-state index is -4.33. The van der Waals surface area contributed by atoms with Gasteiger partial charge in [-0.05, 0) is 32.0 Å². The molecule has 0 radical (unpaired) electrons. The van der Waals surface area contributed by atoms with Gasteiger partial charge in [-0.15, -0.1) is 0 Å². The molecule has 1 aromatic rings. The van der Waals surface area contributed by atoms with E-state index < -0.39 is 11.7 Å². The van der Waals surface area contributed by atoms with Crippen molar-refractivity contribution in [2.75, 3.05) is 5.32 Å². The summed E-state index contributed by atoms with van der Waals surface area (Å²) in [6, 6.07) is 4.05. The van der Waals surface area contributed by atoms with Crippen molar-refractivity contribution in [3.05, 3.63) is 28.2 Å². The molecule has 0 saturated heterocycles. The van der Waals surface area contributed by atoms with Crippen molar-refractivity contribution in [2.45, 2.75) is 26.1 Å². The number of nitrogens with one attached hydrogen (secondary N) is 1. The van der Waals surface area contributed by atoms with Crippen LogP contribution in [0.4, 0.5) is 18.9 Å². The summed E-state index contributed by atoms with van der Waals surface area (Å²) in [5.74, 6) is 0. The van der Waals surface area contributed by atoms with E-state index in [0.717, 1.165) is 6.07 Å². The van der Waals surface area contributed by atoms with Gasteiger partial charge >= 0.3 is 6.18 Å². The van der Waals surface area contributed by atoms with Gasteiger partial charge in [-0.1, -0.05) is 15.9 Å². The van der Waals surface area contributed by atoms with E-state index in [2.05, 4.69) is 21.2 Å². The fourth-order valence-corrected chi connectivity index (χ4v) is 1.55. The molecule has 0 heterocycles. The zero-order valence-corrected chi connectivity index (χ0v) is 9.91. The van der Waals surface area contributed by atoms with E-state index in [1.165, 1.54) is 6.07 Å². The van der Waals surface area contributed by atoms with Gasteiger partial charge in [0, 0.05) is 16.2 Å². The van der Waals surface area contributed by atoms with Crippen molar-refractivity contribution in [3.8, 4) is 0 Å². The molecule has 0 atom stereocenters. The van der Waals surface area contributed by atoms with Crippen LogP contribution in [0.15, 0.2) is 22.7 Å². The first-order chi connectivity index (χ1) is 6.80. The zero-order valence-electron chi connectivity index (χ0n) is 8.32. The molecule has 5 heteroatoms. The Morgan fingerprint density at radius 2 is 1.87 bits per heavy atom. The lowest BCUT2D eigenvalue weighted by atomic mass is 10.1. The summed E-state index contributed by atoms with van der Waals surface area (Å²) in [5, 5.41) is 2.77. The Balaban J connectivity index is 3.15. The van der Waals surface area contributed by atoms with E-state index in [1.807, 2.05) is 0 Å². The Morgan fingerprint density at radius 3 is 2.33 bits per heavy atom. The molecule has 0 aliphatic rings. The number of alkyl halides is 3. The van der Waals surface area contributed by atoms with Crippen molar-refractivity contribution >= 4 is 21.6 Å². The summed E-state index contributed by atoms with van der Waals surface area (Å²) in [7, 11) is 0. The highest BCUT2D eigenvalue weighted by Gasteiger charge is 2.33. The van der Waals surface area contributed by atoms with Crippen LogP contribution in [0.2, 0.25) is 0 Å². The molecule has 0 amide bonds. The summed E-state index contributed by atoms with van der Waals surface area (Å²) >= 11 is 3.03. The lowest BCUT2D eigenvalue weighted by Crippen LogP contribution is -2.15. The standard InChI is InChI=1S/C10H11BrF3N/c1-6(2)15-9-4-3-7(11)5-8(9)10(12,13)14/h3-6,15H,1-2H3. The molecule has 0 bridgehead atoms. The molecular formula is C10H11BrF3N. The number of hydrogen-bond acceptors (Lipinski definition) is 1. The van der Waals surface area contributed by atoms with Crippen LogP contribution >= 0.6 is 15.9 Å². The first kappa shape index (κ1) is 12.4. The third-order valence-electron chi connectivity index (χ3n) is 1.73. The molecule has 0 aromatic heterocycles. The van der Waals surface area contributed by atoms with Crippen LogP contribution < -0.4 is 5.32 Å². The van der Waals surface area contributed by atoms with Gasteiger partial charge in [-0.3, -0.25) is 0 Å². The third-order valence-corrected chi connectivity index (χ3v) is 2.22. The lowest BCUT2D eigenvalue weighted by Gasteiger charge is -2.16. The fourth-order valence-electron chi connectivity index (χ4n) is 1.19. The van der Waals surface area contributed by atoms with Crippen LogP contribution in [0.25, 0.3) is 0 Å². The van der Waals surface area contributed by atoms with Gasteiger partial charge in [0.2, 0.25) is 0 Å². The van der Waals surface area contributed by atoms with Crippen molar-refractivity contribution in [1.29, 1.82) is 0 Å². The number of anilines is 1. The molecule has 15 heavy (non-hydrogen) atoms. The second kappa shape index (κ2) is 4.43. The normalized spacial score (nSPS) is 11.9. The Hall–Kier alpha value is -0.710. The summed E-state index contributed by atoms with van der Waals surface area (Å²) in [5.41, 5.74) is -0.536. The van der Waals surface area contributed by atoms with Gasteiger partial charge in [0.1, 0.15) is 0 Å². The van der Waals surface area contributed by atoms with Gasteiger partial charge in [0.25, 0.3) is 0 Å². The number of hydrogen-bond donors (Lipinski definition) is 1. The monoisotopic (exact) mass is 281 g/mol. The Kier molecular flexibility index (Phi) is 3.65. The molecule has 0 aliphatic heterocycles. The second-order valence-corrected chi connectivity index (χ2v) is 4.40. The predicted molar refractivity (Wildman–Crippen MR) is 57.9 cm³/mol. The van der Waals surface area contributed by atoms with Gasteiger partial charge in [-0.2, -0.15) is 13.2 Å². The van der Waals surface area contributed by atoms with E-state index >= 15 is 0 Å². The first-order valence-electron chi connectivity index (χ1n) is 4.44. The maximum Gasteiger partial charge on any atom is 0.418 e. The minimum Gasteiger partial charge on any atom is -0.382 e. The zero-order chi connectivity index (χ0) is 11.6. The average molecular weight is 282 g/mol. The largest absolute Gasteiger partial charge is 0.418 e. The van der Waals surface area contributed by atoms with Crippen LogP contribution in [-0.2, 0) is 6.18 Å². The smallest absolute Gasteiger partial charge is 0.382 e. The summed E-state index contributed by atoms with van der Waals surface area (Å²) < 4.78 is 38.3. The van der Waals surface area contributed by atoms with Gasteiger partial charge in [0.05, 0.1) is 5.56 Å². The Labute approximate surface area is 94.8 Å². The second-order valence-electron chi connectivity index (χ2n) is 3.49. The quantitative estimate of drug-likeness (QED) is 0.853.